The summed E-state index contributed by atoms with van der Waals surface area (Å²) in [7, 11) is 1.70. The van der Waals surface area contributed by atoms with Gasteiger partial charge in [-0.25, -0.2) is 4.98 Å². The second-order valence-electron chi connectivity index (χ2n) is 3.79. The summed E-state index contributed by atoms with van der Waals surface area (Å²) in [5.74, 6) is 0.0932. The number of pyridine rings is 1. The molecule has 2 aromatic rings. The van der Waals surface area contributed by atoms with Crippen molar-refractivity contribution >= 4 is 29.0 Å². The fraction of sp³-hybridized carbons (Fsp3) is 0.182. The number of carbonyl (C=O) groups excluding carboxylic acids is 1. The molecule has 0 aromatic carbocycles. The van der Waals surface area contributed by atoms with E-state index in [2.05, 4.69) is 15.4 Å². The first kappa shape index (κ1) is 12.4. The average Bonchev–Trinajstić information content (AvgIpc) is 2.57. The van der Waals surface area contributed by atoms with E-state index in [1.165, 1.54) is 16.9 Å². The van der Waals surface area contributed by atoms with Crippen LogP contribution in [0.15, 0.2) is 18.3 Å². The van der Waals surface area contributed by atoms with Gasteiger partial charge >= 0.3 is 0 Å². The standard InChI is InChI=1S/C11H12ClN5O/c1-6-9(13)10(17(2)16-6)15-11(18)8-4-3-7(12)5-14-8/h3-5H,13H2,1-2H3,(H,15,18). The second kappa shape index (κ2) is 4.66. The van der Waals surface area contributed by atoms with Crippen molar-refractivity contribution in [1.29, 1.82) is 0 Å². The number of halogens is 1. The topological polar surface area (TPSA) is 85.8 Å². The summed E-state index contributed by atoms with van der Waals surface area (Å²) in [5.41, 5.74) is 7.18. The van der Waals surface area contributed by atoms with E-state index in [9.17, 15) is 4.79 Å². The third-order valence-electron chi connectivity index (χ3n) is 2.46. The lowest BCUT2D eigenvalue weighted by Gasteiger charge is -2.05. The summed E-state index contributed by atoms with van der Waals surface area (Å²) in [4.78, 5) is 15.9. The largest absolute Gasteiger partial charge is 0.394 e. The molecule has 6 nitrogen and oxygen atoms in total. The van der Waals surface area contributed by atoms with Crippen LogP contribution in [0.5, 0.6) is 0 Å². The zero-order valence-electron chi connectivity index (χ0n) is 9.94. The van der Waals surface area contributed by atoms with Crippen molar-refractivity contribution in [1.82, 2.24) is 14.8 Å². The van der Waals surface area contributed by atoms with E-state index < -0.39 is 0 Å². The number of nitrogens with one attached hydrogen (secondary N) is 1. The number of amides is 1. The Morgan fingerprint density at radius 1 is 1.50 bits per heavy atom. The molecule has 0 unspecified atom stereocenters. The Kier molecular flexibility index (Phi) is 3.20. The number of rotatable bonds is 2. The number of nitrogens with two attached hydrogens (primary N) is 1. The van der Waals surface area contributed by atoms with Crippen LogP contribution in [0.4, 0.5) is 11.5 Å². The molecule has 2 rings (SSSR count). The van der Waals surface area contributed by atoms with Gasteiger partial charge in [-0.2, -0.15) is 5.10 Å². The van der Waals surface area contributed by atoms with Crippen molar-refractivity contribution in [3.05, 3.63) is 34.7 Å². The molecular weight excluding hydrogens is 254 g/mol. The molecule has 3 N–H and O–H groups in total. The Balaban J connectivity index is 2.24. The number of carbonyl (C=O) groups is 1. The first-order valence-corrected chi connectivity index (χ1v) is 5.59. The molecular formula is C11H12ClN5O. The van der Waals surface area contributed by atoms with Crippen LogP contribution in [0.25, 0.3) is 0 Å². The molecule has 18 heavy (non-hydrogen) atoms. The van der Waals surface area contributed by atoms with Crippen LogP contribution in [0.3, 0.4) is 0 Å². The summed E-state index contributed by atoms with van der Waals surface area (Å²) in [6, 6.07) is 3.14. The molecule has 0 aliphatic heterocycles. The van der Waals surface area contributed by atoms with E-state index in [4.69, 9.17) is 17.3 Å². The van der Waals surface area contributed by atoms with Gasteiger partial charge in [-0.1, -0.05) is 11.6 Å². The highest BCUT2D eigenvalue weighted by molar-refractivity contribution is 6.30. The lowest BCUT2D eigenvalue weighted by molar-refractivity contribution is 0.102. The molecule has 0 aliphatic rings. The van der Waals surface area contributed by atoms with E-state index in [1.54, 1.807) is 20.0 Å². The molecule has 0 saturated heterocycles. The number of hydrogen-bond acceptors (Lipinski definition) is 4. The fourth-order valence-corrected chi connectivity index (χ4v) is 1.62. The Morgan fingerprint density at radius 3 is 2.72 bits per heavy atom. The SMILES string of the molecule is Cc1nn(C)c(NC(=O)c2ccc(Cl)cn2)c1N. The van der Waals surface area contributed by atoms with Crippen LogP contribution in [0, 0.1) is 6.92 Å². The zero-order chi connectivity index (χ0) is 13.3. The van der Waals surface area contributed by atoms with Crippen molar-refractivity contribution in [2.45, 2.75) is 6.92 Å². The molecule has 2 heterocycles. The van der Waals surface area contributed by atoms with Crippen LogP contribution < -0.4 is 11.1 Å². The van der Waals surface area contributed by atoms with E-state index in [0.29, 0.717) is 22.2 Å². The van der Waals surface area contributed by atoms with Crippen LogP contribution in [-0.4, -0.2) is 20.7 Å². The van der Waals surface area contributed by atoms with Gasteiger partial charge in [-0.3, -0.25) is 9.48 Å². The Hall–Kier alpha value is -2.08. The van der Waals surface area contributed by atoms with Crippen LogP contribution >= 0.6 is 11.6 Å². The first-order valence-electron chi connectivity index (χ1n) is 5.21. The number of aromatic nitrogens is 3. The van der Waals surface area contributed by atoms with Gasteiger partial charge in [0.25, 0.3) is 5.91 Å². The lowest BCUT2D eigenvalue weighted by atomic mass is 10.3. The predicted octanol–water partition coefficient (Wildman–Crippen LogP) is 1.61. The number of nitrogen functional groups attached to an aromatic ring is 1. The zero-order valence-corrected chi connectivity index (χ0v) is 10.7. The molecule has 0 saturated carbocycles. The fourth-order valence-electron chi connectivity index (χ4n) is 1.50. The van der Waals surface area contributed by atoms with Gasteiger partial charge in [0.1, 0.15) is 5.69 Å². The van der Waals surface area contributed by atoms with E-state index in [0.717, 1.165) is 0 Å². The summed E-state index contributed by atoms with van der Waals surface area (Å²) in [5, 5.41) is 7.25. The predicted molar refractivity (Wildman–Crippen MR) is 69.6 cm³/mol. The van der Waals surface area contributed by atoms with Crippen molar-refractivity contribution < 1.29 is 4.79 Å². The van der Waals surface area contributed by atoms with Crippen LogP contribution in [-0.2, 0) is 7.05 Å². The van der Waals surface area contributed by atoms with E-state index >= 15 is 0 Å². The molecule has 94 valence electrons. The van der Waals surface area contributed by atoms with Gasteiger partial charge in [0.15, 0.2) is 5.82 Å². The van der Waals surface area contributed by atoms with Gasteiger partial charge in [-0.05, 0) is 19.1 Å². The number of nitrogens with zero attached hydrogens (tertiary/aromatic N) is 3. The molecule has 2 aromatic heterocycles. The third-order valence-corrected chi connectivity index (χ3v) is 2.68. The molecule has 0 spiro atoms. The highest BCUT2D eigenvalue weighted by Crippen LogP contribution is 2.21. The van der Waals surface area contributed by atoms with Gasteiger partial charge in [0.05, 0.1) is 16.4 Å². The van der Waals surface area contributed by atoms with Crippen LogP contribution in [0.2, 0.25) is 5.02 Å². The molecule has 1 amide bonds. The third kappa shape index (κ3) is 2.28. The van der Waals surface area contributed by atoms with Crippen molar-refractivity contribution in [3.8, 4) is 0 Å². The van der Waals surface area contributed by atoms with Crippen molar-refractivity contribution in [3.63, 3.8) is 0 Å². The molecule has 0 radical (unpaired) electrons. The second-order valence-corrected chi connectivity index (χ2v) is 4.22. The quantitative estimate of drug-likeness (QED) is 0.864. The van der Waals surface area contributed by atoms with Gasteiger partial charge in [-0.15, -0.1) is 0 Å². The summed E-state index contributed by atoms with van der Waals surface area (Å²) in [6.07, 6.45) is 1.41. The lowest BCUT2D eigenvalue weighted by Crippen LogP contribution is -2.16. The summed E-state index contributed by atoms with van der Waals surface area (Å²) in [6.45, 7) is 1.77. The molecule has 7 heteroatoms. The average molecular weight is 266 g/mol. The normalized spacial score (nSPS) is 10.4. The van der Waals surface area contributed by atoms with Gasteiger partial charge < -0.3 is 11.1 Å². The van der Waals surface area contributed by atoms with Crippen molar-refractivity contribution in [2.24, 2.45) is 7.05 Å². The number of aryl methyl sites for hydroxylation is 2. The highest BCUT2D eigenvalue weighted by atomic mass is 35.5. The Labute approximate surface area is 109 Å². The number of hydrogen-bond donors (Lipinski definition) is 2. The first-order chi connectivity index (χ1) is 8.49. The monoisotopic (exact) mass is 265 g/mol. The minimum absolute atomic E-state index is 0.262. The van der Waals surface area contributed by atoms with Gasteiger partial charge in [0.2, 0.25) is 0 Å². The van der Waals surface area contributed by atoms with Gasteiger partial charge in [0, 0.05) is 13.2 Å². The maximum absolute atomic E-state index is 11.9. The molecule has 0 fully saturated rings. The number of anilines is 2. The smallest absolute Gasteiger partial charge is 0.275 e. The highest BCUT2D eigenvalue weighted by Gasteiger charge is 2.14. The molecule has 0 atom stereocenters. The van der Waals surface area contributed by atoms with Crippen LogP contribution in [0.1, 0.15) is 16.2 Å². The molecule has 0 bridgehead atoms. The Bertz CT molecular complexity index is 590. The summed E-state index contributed by atoms with van der Waals surface area (Å²) >= 11 is 5.70. The minimum atomic E-state index is -0.360. The minimum Gasteiger partial charge on any atom is -0.394 e. The molecule has 0 aliphatic carbocycles. The maximum Gasteiger partial charge on any atom is 0.275 e. The Morgan fingerprint density at radius 2 is 2.22 bits per heavy atom. The maximum atomic E-state index is 11.9. The van der Waals surface area contributed by atoms with Crippen molar-refractivity contribution in [2.75, 3.05) is 11.1 Å². The summed E-state index contributed by atoms with van der Waals surface area (Å²) < 4.78 is 1.51. The van der Waals surface area contributed by atoms with E-state index in [1.807, 2.05) is 0 Å². The van der Waals surface area contributed by atoms with E-state index in [-0.39, 0.29) is 11.6 Å².